The number of hydrogen-bond acceptors (Lipinski definition) is 4. The van der Waals surface area contributed by atoms with Crippen LogP contribution in [0.5, 0.6) is 11.5 Å². The average Bonchev–Trinajstić information content (AvgIpc) is 2.60. The summed E-state index contributed by atoms with van der Waals surface area (Å²) in [7, 11) is 3.24. The molecule has 5 nitrogen and oxygen atoms in total. The van der Waals surface area contributed by atoms with Crippen molar-refractivity contribution in [2.24, 2.45) is 0 Å². The molecule has 1 amide bonds. The van der Waals surface area contributed by atoms with Crippen molar-refractivity contribution < 1.29 is 14.3 Å². The molecule has 1 N–H and O–H groups in total. The van der Waals surface area contributed by atoms with E-state index >= 15 is 0 Å². The third-order valence-electron chi connectivity index (χ3n) is 3.70. The molecular formula is C18H22N2O3. The third kappa shape index (κ3) is 4.71. The van der Waals surface area contributed by atoms with Gasteiger partial charge in [0, 0.05) is 31.4 Å². The number of pyridine rings is 1. The van der Waals surface area contributed by atoms with Crippen molar-refractivity contribution in [2.75, 3.05) is 14.2 Å². The van der Waals surface area contributed by atoms with Crippen molar-refractivity contribution in [3.63, 3.8) is 0 Å². The highest BCUT2D eigenvalue weighted by Gasteiger charge is 2.16. The third-order valence-corrected chi connectivity index (χ3v) is 3.70. The van der Waals surface area contributed by atoms with Crippen molar-refractivity contribution in [3.8, 4) is 11.5 Å². The molecule has 2 rings (SSSR count). The summed E-state index contributed by atoms with van der Waals surface area (Å²) in [6, 6.07) is 9.43. The topological polar surface area (TPSA) is 60.5 Å². The maximum atomic E-state index is 12.1. The van der Waals surface area contributed by atoms with Gasteiger partial charge in [0.1, 0.15) is 11.5 Å². The summed E-state index contributed by atoms with van der Waals surface area (Å²) >= 11 is 0. The van der Waals surface area contributed by atoms with Gasteiger partial charge < -0.3 is 14.8 Å². The molecule has 2 aromatic rings. The maximum absolute atomic E-state index is 12.1. The van der Waals surface area contributed by atoms with Gasteiger partial charge in [-0.05, 0) is 35.2 Å². The van der Waals surface area contributed by atoms with Crippen LogP contribution in [-0.4, -0.2) is 25.1 Å². The summed E-state index contributed by atoms with van der Waals surface area (Å²) in [6.07, 6.45) is 3.83. The van der Waals surface area contributed by atoms with Gasteiger partial charge in [0.15, 0.2) is 0 Å². The Morgan fingerprint density at radius 1 is 1.17 bits per heavy atom. The minimum Gasteiger partial charge on any atom is -0.497 e. The van der Waals surface area contributed by atoms with E-state index in [9.17, 15) is 4.79 Å². The molecule has 122 valence electrons. The largest absolute Gasteiger partial charge is 0.497 e. The Bertz CT molecular complexity index is 644. The lowest BCUT2D eigenvalue weighted by molar-refractivity contribution is -0.121. The Morgan fingerprint density at radius 3 is 2.57 bits per heavy atom. The van der Waals surface area contributed by atoms with Crippen LogP contribution in [0.4, 0.5) is 0 Å². The van der Waals surface area contributed by atoms with Gasteiger partial charge in [0.25, 0.3) is 0 Å². The molecule has 5 heteroatoms. The highest BCUT2D eigenvalue weighted by molar-refractivity contribution is 5.77. The fourth-order valence-corrected chi connectivity index (χ4v) is 2.39. The number of hydrogen-bond donors (Lipinski definition) is 1. The number of nitrogens with zero attached hydrogens (tertiary/aromatic N) is 1. The maximum Gasteiger partial charge on any atom is 0.220 e. The van der Waals surface area contributed by atoms with Crippen molar-refractivity contribution in [1.29, 1.82) is 0 Å². The van der Waals surface area contributed by atoms with Gasteiger partial charge >= 0.3 is 0 Å². The first-order valence-electron chi connectivity index (χ1n) is 7.51. The number of carbonyl (C=O) groups excluding carboxylic acids is 1. The second-order valence-corrected chi connectivity index (χ2v) is 5.35. The second-order valence-electron chi connectivity index (χ2n) is 5.35. The van der Waals surface area contributed by atoms with Crippen molar-refractivity contribution in [2.45, 2.75) is 25.8 Å². The molecule has 0 aliphatic carbocycles. The van der Waals surface area contributed by atoms with E-state index in [1.807, 2.05) is 37.3 Å². The molecule has 0 saturated heterocycles. The zero-order valence-electron chi connectivity index (χ0n) is 13.7. The Kier molecular flexibility index (Phi) is 5.97. The standard InChI is InChI=1S/C18H22N2O3/c1-13(16-5-4-15(22-2)11-17(16)23-3)10-18(21)20-12-14-6-8-19-9-7-14/h4-9,11,13H,10,12H2,1-3H3,(H,20,21). The van der Waals surface area contributed by atoms with Crippen LogP contribution in [-0.2, 0) is 11.3 Å². The molecule has 0 aliphatic rings. The van der Waals surface area contributed by atoms with E-state index in [1.54, 1.807) is 26.6 Å². The van der Waals surface area contributed by atoms with Crippen LogP contribution in [0, 0.1) is 0 Å². The van der Waals surface area contributed by atoms with E-state index in [0.29, 0.717) is 13.0 Å². The molecule has 0 radical (unpaired) electrons. The fourth-order valence-electron chi connectivity index (χ4n) is 2.39. The lowest BCUT2D eigenvalue weighted by Crippen LogP contribution is -2.24. The molecule has 1 aromatic carbocycles. The van der Waals surface area contributed by atoms with Crippen LogP contribution in [0.25, 0.3) is 0 Å². The first-order valence-corrected chi connectivity index (χ1v) is 7.51. The second kappa shape index (κ2) is 8.17. The monoisotopic (exact) mass is 314 g/mol. The van der Waals surface area contributed by atoms with Gasteiger partial charge in [-0.2, -0.15) is 0 Å². The molecule has 23 heavy (non-hydrogen) atoms. The van der Waals surface area contributed by atoms with Gasteiger partial charge in [0.05, 0.1) is 14.2 Å². The summed E-state index contributed by atoms with van der Waals surface area (Å²) in [5, 5.41) is 2.93. The summed E-state index contributed by atoms with van der Waals surface area (Å²) in [6.45, 7) is 2.52. The minimum absolute atomic E-state index is 0.00665. The molecule has 0 bridgehead atoms. The van der Waals surface area contributed by atoms with Crippen molar-refractivity contribution in [1.82, 2.24) is 10.3 Å². The highest BCUT2D eigenvalue weighted by atomic mass is 16.5. The Morgan fingerprint density at radius 2 is 1.91 bits per heavy atom. The Labute approximate surface area is 136 Å². The first-order chi connectivity index (χ1) is 11.1. The van der Waals surface area contributed by atoms with Crippen LogP contribution < -0.4 is 14.8 Å². The average molecular weight is 314 g/mol. The van der Waals surface area contributed by atoms with E-state index in [2.05, 4.69) is 10.3 Å². The highest BCUT2D eigenvalue weighted by Crippen LogP contribution is 2.32. The molecule has 0 spiro atoms. The number of amides is 1. The van der Waals surface area contributed by atoms with Crippen LogP contribution in [0.3, 0.4) is 0 Å². The summed E-state index contributed by atoms with van der Waals surface area (Å²) in [5.74, 6) is 1.53. The van der Waals surface area contributed by atoms with Crippen LogP contribution in [0.15, 0.2) is 42.7 Å². The molecule has 0 saturated carbocycles. The normalized spacial score (nSPS) is 11.6. The van der Waals surface area contributed by atoms with E-state index in [1.165, 1.54) is 0 Å². The lowest BCUT2D eigenvalue weighted by atomic mass is 9.96. The number of nitrogens with one attached hydrogen (secondary N) is 1. The number of methoxy groups -OCH3 is 2. The molecule has 0 aliphatic heterocycles. The zero-order chi connectivity index (χ0) is 16.7. The summed E-state index contributed by atoms with van der Waals surface area (Å²) < 4.78 is 10.6. The molecular weight excluding hydrogens is 292 g/mol. The SMILES string of the molecule is COc1ccc(C(C)CC(=O)NCc2ccncc2)c(OC)c1. The smallest absolute Gasteiger partial charge is 0.220 e. The van der Waals surface area contributed by atoms with E-state index in [-0.39, 0.29) is 11.8 Å². The number of rotatable bonds is 7. The van der Waals surface area contributed by atoms with Gasteiger partial charge in [-0.15, -0.1) is 0 Å². The van der Waals surface area contributed by atoms with Gasteiger partial charge in [-0.25, -0.2) is 0 Å². The molecule has 1 atom stereocenters. The van der Waals surface area contributed by atoms with Crippen LogP contribution in [0.1, 0.15) is 30.4 Å². The molecule has 1 heterocycles. The van der Waals surface area contributed by atoms with Gasteiger partial charge in [0.2, 0.25) is 5.91 Å². The zero-order valence-corrected chi connectivity index (χ0v) is 13.7. The van der Waals surface area contributed by atoms with E-state index in [0.717, 1.165) is 22.6 Å². The summed E-state index contributed by atoms with van der Waals surface area (Å²) in [5.41, 5.74) is 2.02. The number of carbonyl (C=O) groups is 1. The lowest BCUT2D eigenvalue weighted by Gasteiger charge is -2.16. The minimum atomic E-state index is 0.00665. The Balaban J connectivity index is 1.95. The Hall–Kier alpha value is -2.56. The summed E-state index contributed by atoms with van der Waals surface area (Å²) in [4.78, 5) is 16.1. The van der Waals surface area contributed by atoms with Gasteiger partial charge in [-0.1, -0.05) is 13.0 Å². The fraction of sp³-hybridized carbons (Fsp3) is 0.333. The van der Waals surface area contributed by atoms with E-state index in [4.69, 9.17) is 9.47 Å². The predicted molar refractivity (Wildman–Crippen MR) is 88.7 cm³/mol. The number of benzene rings is 1. The molecule has 1 aromatic heterocycles. The van der Waals surface area contributed by atoms with Crippen LogP contribution >= 0.6 is 0 Å². The van der Waals surface area contributed by atoms with E-state index < -0.39 is 0 Å². The van der Waals surface area contributed by atoms with Crippen molar-refractivity contribution in [3.05, 3.63) is 53.9 Å². The van der Waals surface area contributed by atoms with Crippen LogP contribution in [0.2, 0.25) is 0 Å². The first kappa shape index (κ1) is 16.8. The molecule has 1 unspecified atom stereocenters. The van der Waals surface area contributed by atoms with Gasteiger partial charge in [-0.3, -0.25) is 9.78 Å². The predicted octanol–water partition coefficient (Wildman–Crippen LogP) is 2.91. The number of ether oxygens (including phenoxy) is 2. The van der Waals surface area contributed by atoms with Crippen molar-refractivity contribution >= 4 is 5.91 Å². The quantitative estimate of drug-likeness (QED) is 0.853. The number of aromatic nitrogens is 1. The molecule has 0 fully saturated rings.